The second kappa shape index (κ2) is 6.93. The van der Waals surface area contributed by atoms with Crippen LogP contribution < -0.4 is 0 Å². The van der Waals surface area contributed by atoms with E-state index in [1.54, 1.807) is 12.1 Å². The third-order valence-corrected chi connectivity index (χ3v) is 3.62. The SMILES string of the molecule is CCCCN1CC=CC=C1c1cccc(C(=O)O)c1C(=O)O. The molecule has 0 aromatic heterocycles. The van der Waals surface area contributed by atoms with Crippen LogP contribution in [0.5, 0.6) is 0 Å². The average Bonchev–Trinajstić information content (AvgIpc) is 2.52. The highest BCUT2D eigenvalue weighted by molar-refractivity contribution is 6.05. The molecule has 0 amide bonds. The molecule has 1 aromatic rings. The molecular weight excluding hydrogens is 282 g/mol. The van der Waals surface area contributed by atoms with Gasteiger partial charge >= 0.3 is 11.9 Å². The van der Waals surface area contributed by atoms with Crippen LogP contribution in [0.25, 0.3) is 5.70 Å². The van der Waals surface area contributed by atoms with E-state index in [1.807, 2.05) is 18.2 Å². The summed E-state index contributed by atoms with van der Waals surface area (Å²) in [5.41, 5.74) is 0.873. The predicted octanol–water partition coefficient (Wildman–Crippen LogP) is 3.10. The zero-order chi connectivity index (χ0) is 16.1. The van der Waals surface area contributed by atoms with Crippen molar-refractivity contribution in [2.24, 2.45) is 0 Å². The van der Waals surface area contributed by atoms with Crippen molar-refractivity contribution < 1.29 is 19.8 Å². The van der Waals surface area contributed by atoms with Crippen LogP contribution in [0.2, 0.25) is 0 Å². The van der Waals surface area contributed by atoms with E-state index < -0.39 is 11.9 Å². The highest BCUT2D eigenvalue weighted by Gasteiger charge is 2.24. The number of allylic oxidation sites excluding steroid dienone is 2. The fourth-order valence-electron chi connectivity index (χ4n) is 2.55. The molecule has 0 spiro atoms. The Morgan fingerprint density at radius 1 is 1.23 bits per heavy atom. The third kappa shape index (κ3) is 3.19. The van der Waals surface area contributed by atoms with Crippen LogP contribution in [0.15, 0.2) is 36.4 Å². The molecule has 1 aromatic carbocycles. The zero-order valence-corrected chi connectivity index (χ0v) is 12.5. The third-order valence-electron chi connectivity index (χ3n) is 3.62. The first-order chi connectivity index (χ1) is 10.6. The normalized spacial score (nSPS) is 13.9. The van der Waals surface area contributed by atoms with Crippen LogP contribution >= 0.6 is 0 Å². The fourth-order valence-corrected chi connectivity index (χ4v) is 2.55. The minimum absolute atomic E-state index is 0.155. The monoisotopic (exact) mass is 301 g/mol. The van der Waals surface area contributed by atoms with E-state index in [-0.39, 0.29) is 11.1 Å². The van der Waals surface area contributed by atoms with Gasteiger partial charge in [0.2, 0.25) is 0 Å². The smallest absolute Gasteiger partial charge is 0.337 e. The molecule has 1 heterocycles. The number of benzene rings is 1. The van der Waals surface area contributed by atoms with E-state index in [4.69, 9.17) is 0 Å². The Kier molecular flexibility index (Phi) is 4.99. The van der Waals surface area contributed by atoms with Gasteiger partial charge < -0.3 is 15.1 Å². The molecule has 5 nitrogen and oxygen atoms in total. The molecule has 1 aliphatic rings. The number of carboxylic acids is 2. The maximum absolute atomic E-state index is 11.6. The molecular formula is C17H19NO4. The summed E-state index contributed by atoms with van der Waals surface area (Å²) in [7, 11) is 0. The molecule has 0 radical (unpaired) electrons. The summed E-state index contributed by atoms with van der Waals surface area (Å²) >= 11 is 0. The van der Waals surface area contributed by atoms with Crippen LogP contribution in [0.4, 0.5) is 0 Å². The van der Waals surface area contributed by atoms with Gasteiger partial charge in [0.15, 0.2) is 0 Å². The quantitative estimate of drug-likeness (QED) is 0.844. The number of aromatic carboxylic acids is 2. The van der Waals surface area contributed by atoms with Crippen LogP contribution in [-0.4, -0.2) is 40.1 Å². The van der Waals surface area contributed by atoms with E-state index >= 15 is 0 Å². The van der Waals surface area contributed by atoms with Gasteiger partial charge in [-0.15, -0.1) is 0 Å². The van der Waals surface area contributed by atoms with Gasteiger partial charge in [0.25, 0.3) is 0 Å². The van der Waals surface area contributed by atoms with Crippen molar-refractivity contribution in [2.45, 2.75) is 19.8 Å². The molecule has 1 aliphatic heterocycles. The standard InChI is InChI=1S/C17H19NO4/c1-2-3-10-18-11-5-4-9-14(18)12-7-6-8-13(16(19)20)15(12)17(21)22/h4-9H,2-3,10-11H2,1H3,(H,19,20)(H,21,22). The molecule has 0 fully saturated rings. The Labute approximate surface area is 129 Å². The van der Waals surface area contributed by atoms with E-state index in [0.717, 1.165) is 25.1 Å². The summed E-state index contributed by atoms with van der Waals surface area (Å²) in [5.74, 6) is -2.45. The molecule has 0 saturated carbocycles. The van der Waals surface area contributed by atoms with Gasteiger partial charge in [0.05, 0.1) is 11.1 Å². The molecule has 0 bridgehead atoms. The summed E-state index contributed by atoms with van der Waals surface area (Å²) in [5, 5.41) is 18.7. The van der Waals surface area contributed by atoms with Gasteiger partial charge in [-0.05, 0) is 18.6 Å². The minimum atomic E-state index is -1.23. The molecule has 22 heavy (non-hydrogen) atoms. The van der Waals surface area contributed by atoms with Crippen LogP contribution in [-0.2, 0) is 0 Å². The van der Waals surface area contributed by atoms with Gasteiger partial charge in [-0.1, -0.05) is 37.6 Å². The molecule has 0 saturated heterocycles. The van der Waals surface area contributed by atoms with Crippen LogP contribution in [0.1, 0.15) is 46.0 Å². The first-order valence-electron chi connectivity index (χ1n) is 7.28. The van der Waals surface area contributed by atoms with Crippen molar-refractivity contribution in [1.82, 2.24) is 4.90 Å². The number of nitrogens with zero attached hydrogens (tertiary/aromatic N) is 1. The first kappa shape index (κ1) is 15.8. The van der Waals surface area contributed by atoms with Crippen molar-refractivity contribution in [3.63, 3.8) is 0 Å². The van der Waals surface area contributed by atoms with Crippen LogP contribution in [0.3, 0.4) is 0 Å². The van der Waals surface area contributed by atoms with Crippen LogP contribution in [0, 0.1) is 0 Å². The lowest BCUT2D eigenvalue weighted by Gasteiger charge is -2.29. The molecule has 0 unspecified atom stereocenters. The van der Waals surface area contributed by atoms with Crippen molar-refractivity contribution in [3.8, 4) is 0 Å². The van der Waals surface area contributed by atoms with E-state index in [1.165, 1.54) is 6.07 Å². The summed E-state index contributed by atoms with van der Waals surface area (Å²) in [4.78, 5) is 25.0. The first-order valence-corrected chi connectivity index (χ1v) is 7.28. The molecule has 0 aliphatic carbocycles. The van der Waals surface area contributed by atoms with E-state index in [9.17, 15) is 19.8 Å². The van der Waals surface area contributed by atoms with Crippen molar-refractivity contribution in [2.75, 3.05) is 13.1 Å². The molecule has 2 N–H and O–H groups in total. The number of carboxylic acid groups (broad SMARTS) is 2. The van der Waals surface area contributed by atoms with Crippen molar-refractivity contribution >= 4 is 17.6 Å². The highest BCUT2D eigenvalue weighted by atomic mass is 16.4. The number of unbranched alkanes of at least 4 members (excludes halogenated alkanes) is 1. The number of carbonyl (C=O) groups is 2. The van der Waals surface area contributed by atoms with Gasteiger partial charge in [-0.3, -0.25) is 0 Å². The Bertz CT molecular complexity index is 646. The lowest BCUT2D eigenvalue weighted by atomic mass is 9.96. The topological polar surface area (TPSA) is 77.8 Å². The fraction of sp³-hybridized carbons (Fsp3) is 0.294. The molecule has 2 rings (SSSR count). The average molecular weight is 301 g/mol. The van der Waals surface area contributed by atoms with Gasteiger partial charge in [-0.2, -0.15) is 0 Å². The predicted molar refractivity (Wildman–Crippen MR) is 84.0 cm³/mol. The summed E-state index contributed by atoms with van der Waals surface area (Å²) in [6, 6.07) is 4.58. The second-order valence-electron chi connectivity index (χ2n) is 5.12. The summed E-state index contributed by atoms with van der Waals surface area (Å²) < 4.78 is 0. The molecule has 5 heteroatoms. The zero-order valence-electron chi connectivity index (χ0n) is 12.5. The largest absolute Gasteiger partial charge is 0.478 e. The summed E-state index contributed by atoms with van der Waals surface area (Å²) in [6.07, 6.45) is 7.74. The summed E-state index contributed by atoms with van der Waals surface area (Å²) in [6.45, 7) is 3.60. The Hall–Kier alpha value is -2.56. The van der Waals surface area contributed by atoms with E-state index in [2.05, 4.69) is 11.8 Å². The minimum Gasteiger partial charge on any atom is -0.478 e. The Morgan fingerprint density at radius 3 is 2.64 bits per heavy atom. The van der Waals surface area contributed by atoms with Gasteiger partial charge in [0, 0.05) is 24.4 Å². The maximum Gasteiger partial charge on any atom is 0.337 e. The Morgan fingerprint density at radius 2 is 2.00 bits per heavy atom. The van der Waals surface area contributed by atoms with Crippen molar-refractivity contribution in [3.05, 3.63) is 53.1 Å². The number of hydrogen-bond donors (Lipinski definition) is 2. The highest BCUT2D eigenvalue weighted by Crippen LogP contribution is 2.28. The van der Waals surface area contributed by atoms with Gasteiger partial charge in [-0.25, -0.2) is 9.59 Å². The number of hydrogen-bond acceptors (Lipinski definition) is 3. The van der Waals surface area contributed by atoms with Gasteiger partial charge in [0.1, 0.15) is 0 Å². The molecule has 0 atom stereocenters. The number of rotatable bonds is 6. The maximum atomic E-state index is 11.6. The lowest BCUT2D eigenvalue weighted by molar-refractivity contribution is 0.0651. The lowest BCUT2D eigenvalue weighted by Crippen LogP contribution is -2.26. The second-order valence-corrected chi connectivity index (χ2v) is 5.12. The van der Waals surface area contributed by atoms with E-state index in [0.29, 0.717) is 12.1 Å². The van der Waals surface area contributed by atoms with Crippen molar-refractivity contribution in [1.29, 1.82) is 0 Å². The molecule has 116 valence electrons. The Balaban J connectivity index is 2.52.